The second-order valence-electron chi connectivity index (χ2n) is 3.91. The van der Waals surface area contributed by atoms with Crippen LogP contribution in [0.25, 0.3) is 0 Å². The highest BCUT2D eigenvalue weighted by Gasteiger charge is 2.29. The predicted octanol–water partition coefficient (Wildman–Crippen LogP) is 0.608. The van der Waals surface area contributed by atoms with Crippen LogP contribution in [0.15, 0.2) is 24.4 Å². The lowest BCUT2D eigenvalue weighted by molar-refractivity contribution is -0.119. The lowest BCUT2D eigenvalue weighted by Gasteiger charge is -2.17. The van der Waals surface area contributed by atoms with Gasteiger partial charge in [-0.05, 0) is 31.0 Å². The highest BCUT2D eigenvalue weighted by Crippen LogP contribution is 2.30. The summed E-state index contributed by atoms with van der Waals surface area (Å²) in [5.74, 6) is 0.0574. The van der Waals surface area contributed by atoms with E-state index in [0.29, 0.717) is 6.42 Å². The van der Waals surface area contributed by atoms with E-state index in [9.17, 15) is 4.79 Å². The quantitative estimate of drug-likeness (QED) is 0.759. The predicted molar refractivity (Wildman–Crippen MR) is 56.9 cm³/mol. The van der Waals surface area contributed by atoms with E-state index in [2.05, 4.69) is 10.3 Å². The van der Waals surface area contributed by atoms with Crippen molar-refractivity contribution in [1.82, 2.24) is 10.3 Å². The number of carbonyl (C=O) groups is 1. The van der Waals surface area contributed by atoms with E-state index in [1.165, 1.54) is 0 Å². The highest BCUT2D eigenvalue weighted by molar-refractivity contribution is 5.74. The van der Waals surface area contributed by atoms with Crippen molar-refractivity contribution in [3.63, 3.8) is 0 Å². The number of nitrogens with two attached hydrogens (primary N) is 1. The Labute approximate surface area is 88.9 Å². The minimum absolute atomic E-state index is 0.179. The van der Waals surface area contributed by atoms with Crippen LogP contribution < -0.4 is 11.1 Å². The van der Waals surface area contributed by atoms with E-state index >= 15 is 0 Å². The maximum atomic E-state index is 10.9. The molecule has 2 heterocycles. The minimum atomic E-state index is -0.232. The van der Waals surface area contributed by atoms with Crippen LogP contribution in [0.3, 0.4) is 0 Å². The molecule has 1 saturated heterocycles. The number of amides is 1. The third kappa shape index (κ3) is 2.33. The summed E-state index contributed by atoms with van der Waals surface area (Å²) in [4.78, 5) is 15.2. The third-order valence-corrected chi connectivity index (χ3v) is 2.82. The van der Waals surface area contributed by atoms with E-state index in [1.807, 2.05) is 18.2 Å². The maximum absolute atomic E-state index is 10.9. The molecular weight excluding hydrogens is 190 g/mol. The maximum Gasteiger partial charge on any atom is 0.217 e. The first-order valence-corrected chi connectivity index (χ1v) is 5.20. The van der Waals surface area contributed by atoms with Crippen LogP contribution in [0.5, 0.6) is 0 Å². The van der Waals surface area contributed by atoms with Crippen molar-refractivity contribution in [3.8, 4) is 0 Å². The summed E-state index contributed by atoms with van der Waals surface area (Å²) in [5.41, 5.74) is 6.23. The molecule has 1 aromatic heterocycles. The van der Waals surface area contributed by atoms with Gasteiger partial charge in [-0.1, -0.05) is 6.07 Å². The van der Waals surface area contributed by atoms with Gasteiger partial charge in [-0.15, -0.1) is 0 Å². The normalized spacial score (nSPS) is 25.3. The number of rotatable bonds is 3. The number of hydrogen-bond acceptors (Lipinski definition) is 3. The van der Waals surface area contributed by atoms with Gasteiger partial charge in [-0.2, -0.15) is 0 Å². The van der Waals surface area contributed by atoms with Gasteiger partial charge < -0.3 is 11.1 Å². The monoisotopic (exact) mass is 205 g/mol. The molecule has 2 atom stereocenters. The van der Waals surface area contributed by atoms with Crippen LogP contribution in [0, 0.1) is 5.92 Å². The lowest BCUT2D eigenvalue weighted by atomic mass is 9.94. The van der Waals surface area contributed by atoms with Gasteiger partial charge >= 0.3 is 0 Å². The van der Waals surface area contributed by atoms with Crippen LogP contribution in [0.1, 0.15) is 24.6 Å². The zero-order valence-corrected chi connectivity index (χ0v) is 8.52. The molecule has 1 aliphatic heterocycles. The van der Waals surface area contributed by atoms with Crippen molar-refractivity contribution in [2.75, 3.05) is 6.54 Å². The molecule has 15 heavy (non-hydrogen) atoms. The summed E-state index contributed by atoms with van der Waals surface area (Å²) < 4.78 is 0. The molecule has 80 valence electrons. The number of aromatic nitrogens is 1. The zero-order valence-electron chi connectivity index (χ0n) is 8.52. The molecular formula is C11H15N3O. The van der Waals surface area contributed by atoms with Crippen LogP contribution in [-0.4, -0.2) is 17.4 Å². The molecule has 0 bridgehead atoms. The molecule has 1 fully saturated rings. The average Bonchev–Trinajstić information content (AvgIpc) is 2.66. The molecule has 4 nitrogen and oxygen atoms in total. The molecule has 4 heteroatoms. The summed E-state index contributed by atoms with van der Waals surface area (Å²) in [7, 11) is 0. The second kappa shape index (κ2) is 4.40. The number of pyridine rings is 1. The Morgan fingerprint density at radius 3 is 3.13 bits per heavy atom. The van der Waals surface area contributed by atoms with Gasteiger partial charge in [-0.3, -0.25) is 9.78 Å². The number of nitrogens with zero attached hydrogens (tertiary/aromatic N) is 1. The smallest absolute Gasteiger partial charge is 0.217 e. The minimum Gasteiger partial charge on any atom is -0.370 e. The van der Waals surface area contributed by atoms with Gasteiger partial charge in [-0.25, -0.2) is 0 Å². The Morgan fingerprint density at radius 1 is 1.60 bits per heavy atom. The molecule has 0 aliphatic carbocycles. The molecule has 0 saturated carbocycles. The van der Waals surface area contributed by atoms with Gasteiger partial charge in [0.1, 0.15) is 0 Å². The van der Waals surface area contributed by atoms with Crippen LogP contribution in [0.2, 0.25) is 0 Å². The molecule has 0 spiro atoms. The van der Waals surface area contributed by atoms with Crippen molar-refractivity contribution in [2.45, 2.75) is 18.9 Å². The topological polar surface area (TPSA) is 68.0 Å². The zero-order chi connectivity index (χ0) is 10.7. The summed E-state index contributed by atoms with van der Waals surface area (Å²) in [6.45, 7) is 0.930. The van der Waals surface area contributed by atoms with E-state index in [1.54, 1.807) is 6.20 Å². The first-order valence-electron chi connectivity index (χ1n) is 5.20. The Kier molecular flexibility index (Phi) is 2.97. The largest absolute Gasteiger partial charge is 0.370 e. The fraction of sp³-hybridized carbons (Fsp3) is 0.455. The van der Waals surface area contributed by atoms with Crippen LogP contribution >= 0.6 is 0 Å². The summed E-state index contributed by atoms with van der Waals surface area (Å²) in [6.07, 6.45) is 3.20. The standard InChI is InChI=1S/C11H15N3O/c12-10(15)7-8-4-6-14-11(8)9-3-1-2-5-13-9/h1-3,5,8,11,14H,4,6-7H2,(H2,12,15). The number of primary amides is 1. The highest BCUT2D eigenvalue weighted by atomic mass is 16.1. The summed E-state index contributed by atoms with van der Waals surface area (Å²) >= 11 is 0. The Bertz CT molecular complexity index is 339. The van der Waals surface area contributed by atoms with E-state index in [0.717, 1.165) is 18.7 Å². The summed E-state index contributed by atoms with van der Waals surface area (Å²) in [5, 5.41) is 3.36. The van der Waals surface area contributed by atoms with Crippen molar-refractivity contribution >= 4 is 5.91 Å². The molecule has 3 N–H and O–H groups in total. The molecule has 0 radical (unpaired) electrons. The van der Waals surface area contributed by atoms with Crippen molar-refractivity contribution < 1.29 is 4.79 Å². The molecule has 2 rings (SSSR count). The average molecular weight is 205 g/mol. The lowest BCUT2D eigenvalue weighted by Crippen LogP contribution is -2.23. The van der Waals surface area contributed by atoms with Gasteiger partial charge in [0.05, 0.1) is 11.7 Å². The number of carbonyl (C=O) groups excluding carboxylic acids is 1. The second-order valence-corrected chi connectivity index (χ2v) is 3.91. The fourth-order valence-electron chi connectivity index (χ4n) is 2.14. The van der Waals surface area contributed by atoms with Crippen molar-refractivity contribution in [1.29, 1.82) is 0 Å². The van der Waals surface area contributed by atoms with E-state index < -0.39 is 0 Å². The van der Waals surface area contributed by atoms with E-state index in [-0.39, 0.29) is 17.9 Å². The van der Waals surface area contributed by atoms with Gasteiger partial charge in [0.15, 0.2) is 0 Å². The van der Waals surface area contributed by atoms with Crippen molar-refractivity contribution in [3.05, 3.63) is 30.1 Å². The van der Waals surface area contributed by atoms with Crippen molar-refractivity contribution in [2.24, 2.45) is 11.7 Å². The van der Waals surface area contributed by atoms with Gasteiger partial charge in [0, 0.05) is 12.6 Å². The molecule has 1 aromatic rings. The van der Waals surface area contributed by atoms with Gasteiger partial charge in [0.2, 0.25) is 5.91 Å². The fourth-order valence-corrected chi connectivity index (χ4v) is 2.14. The number of hydrogen-bond donors (Lipinski definition) is 2. The number of nitrogens with one attached hydrogen (secondary N) is 1. The molecule has 1 aliphatic rings. The molecule has 0 aromatic carbocycles. The van der Waals surface area contributed by atoms with Gasteiger partial charge in [0.25, 0.3) is 0 Å². The SMILES string of the molecule is NC(=O)CC1CCNC1c1ccccn1. The Hall–Kier alpha value is -1.42. The first kappa shape index (κ1) is 10.1. The Balaban J connectivity index is 2.11. The van der Waals surface area contributed by atoms with Crippen LogP contribution in [-0.2, 0) is 4.79 Å². The summed E-state index contributed by atoms with van der Waals surface area (Å²) in [6, 6.07) is 6.01. The molecule has 1 amide bonds. The third-order valence-electron chi connectivity index (χ3n) is 2.82. The first-order chi connectivity index (χ1) is 7.27. The molecule has 2 unspecified atom stereocenters. The Morgan fingerprint density at radius 2 is 2.47 bits per heavy atom. The van der Waals surface area contributed by atoms with Crippen LogP contribution in [0.4, 0.5) is 0 Å². The van der Waals surface area contributed by atoms with E-state index in [4.69, 9.17) is 5.73 Å².